The number of nitro benzene ring substituents is 1. The molecule has 76 valence electrons. The van der Waals surface area contributed by atoms with E-state index in [1.807, 2.05) is 0 Å². The molecule has 0 atom stereocenters. The van der Waals surface area contributed by atoms with E-state index in [1.54, 1.807) is 37.6 Å². The van der Waals surface area contributed by atoms with Crippen molar-refractivity contribution >= 4 is 22.1 Å². The summed E-state index contributed by atoms with van der Waals surface area (Å²) in [6.07, 6.45) is 3.16. The van der Waals surface area contributed by atoms with Crippen LogP contribution in [0.25, 0.3) is 10.8 Å². The fourth-order valence-corrected chi connectivity index (χ4v) is 1.55. The Kier molecular flexibility index (Phi) is 2.21. The first kappa shape index (κ1) is 9.39. The lowest BCUT2D eigenvalue weighted by Crippen LogP contribution is -1.97. The summed E-state index contributed by atoms with van der Waals surface area (Å²) in [7, 11) is 1.66. The molecule has 2 rings (SSSR count). The molecule has 1 aromatic carbocycles. The van der Waals surface area contributed by atoms with Crippen LogP contribution in [0.3, 0.4) is 0 Å². The van der Waals surface area contributed by atoms with Crippen LogP contribution in [0.5, 0.6) is 0 Å². The maximum absolute atomic E-state index is 10.9. The summed E-state index contributed by atoms with van der Waals surface area (Å²) in [5.74, 6) is 0. The van der Waals surface area contributed by atoms with Gasteiger partial charge in [0, 0.05) is 24.8 Å². The molecule has 5 nitrogen and oxygen atoms in total. The van der Waals surface area contributed by atoms with Crippen molar-refractivity contribution in [1.82, 2.24) is 4.98 Å². The number of rotatable bonds is 2. The molecular formula is C10H9N3O2. The van der Waals surface area contributed by atoms with E-state index in [9.17, 15) is 10.1 Å². The van der Waals surface area contributed by atoms with Gasteiger partial charge in [0.15, 0.2) is 0 Å². The molecule has 0 unspecified atom stereocenters. The van der Waals surface area contributed by atoms with Crippen molar-refractivity contribution in [1.29, 1.82) is 0 Å². The van der Waals surface area contributed by atoms with Crippen LogP contribution in [-0.2, 0) is 0 Å². The van der Waals surface area contributed by atoms with Crippen LogP contribution >= 0.6 is 0 Å². The fraction of sp³-hybridized carbons (Fsp3) is 0.100. The summed E-state index contributed by atoms with van der Waals surface area (Å²) < 4.78 is 0. The quantitative estimate of drug-likeness (QED) is 0.600. The van der Waals surface area contributed by atoms with Crippen LogP contribution in [0.15, 0.2) is 30.6 Å². The van der Waals surface area contributed by atoms with E-state index < -0.39 is 0 Å². The first-order valence-electron chi connectivity index (χ1n) is 4.43. The number of fused-ring (bicyclic) bond motifs is 1. The highest BCUT2D eigenvalue weighted by atomic mass is 16.6. The van der Waals surface area contributed by atoms with Crippen molar-refractivity contribution < 1.29 is 4.92 Å². The van der Waals surface area contributed by atoms with E-state index in [0.29, 0.717) is 11.1 Å². The number of benzene rings is 1. The van der Waals surface area contributed by atoms with Crippen molar-refractivity contribution in [2.24, 2.45) is 0 Å². The topological polar surface area (TPSA) is 68.1 Å². The highest BCUT2D eigenvalue weighted by Gasteiger charge is 2.16. The Morgan fingerprint density at radius 2 is 2.20 bits per heavy atom. The smallest absolute Gasteiger partial charge is 0.300 e. The van der Waals surface area contributed by atoms with E-state index >= 15 is 0 Å². The molecule has 0 saturated carbocycles. The highest BCUT2D eigenvalue weighted by Crippen LogP contribution is 2.32. The second kappa shape index (κ2) is 3.53. The van der Waals surface area contributed by atoms with E-state index in [4.69, 9.17) is 0 Å². The maximum Gasteiger partial charge on any atom is 0.300 e. The molecule has 0 aliphatic carbocycles. The van der Waals surface area contributed by atoms with Crippen LogP contribution < -0.4 is 5.32 Å². The molecule has 1 N–H and O–H groups in total. The fourth-order valence-electron chi connectivity index (χ4n) is 1.55. The number of anilines is 1. The number of aromatic nitrogens is 1. The second-order valence-corrected chi connectivity index (χ2v) is 3.07. The zero-order chi connectivity index (χ0) is 10.8. The lowest BCUT2D eigenvalue weighted by atomic mass is 10.1. The number of pyridine rings is 1. The Morgan fingerprint density at radius 3 is 2.87 bits per heavy atom. The van der Waals surface area contributed by atoms with Crippen molar-refractivity contribution in [2.75, 3.05) is 12.4 Å². The van der Waals surface area contributed by atoms with Crippen LogP contribution in [-0.4, -0.2) is 17.0 Å². The zero-order valence-corrected chi connectivity index (χ0v) is 8.10. The van der Waals surface area contributed by atoms with E-state index in [2.05, 4.69) is 10.3 Å². The van der Waals surface area contributed by atoms with E-state index in [0.717, 1.165) is 5.39 Å². The number of hydrogen-bond acceptors (Lipinski definition) is 4. The first-order valence-corrected chi connectivity index (χ1v) is 4.43. The minimum Gasteiger partial charge on any atom is -0.383 e. The second-order valence-electron chi connectivity index (χ2n) is 3.07. The number of nitro groups is 1. The number of nitrogens with zero attached hydrogens (tertiary/aromatic N) is 2. The van der Waals surface area contributed by atoms with Gasteiger partial charge in [-0.15, -0.1) is 0 Å². The summed E-state index contributed by atoms with van der Waals surface area (Å²) in [5.41, 5.74) is 0.608. The van der Waals surface area contributed by atoms with Crippen LogP contribution in [0.2, 0.25) is 0 Å². The lowest BCUT2D eigenvalue weighted by molar-refractivity contribution is -0.382. The molecule has 1 aromatic heterocycles. The van der Waals surface area contributed by atoms with Gasteiger partial charge in [0.2, 0.25) is 0 Å². The number of hydrogen-bond donors (Lipinski definition) is 1. The molecule has 5 heteroatoms. The molecule has 0 aliphatic heterocycles. The van der Waals surface area contributed by atoms with Crippen LogP contribution in [0.1, 0.15) is 0 Å². The summed E-state index contributed by atoms with van der Waals surface area (Å²) in [5, 5.41) is 15.1. The molecule has 0 saturated heterocycles. The Hall–Kier alpha value is -2.17. The molecule has 0 aliphatic rings. The van der Waals surface area contributed by atoms with Crippen molar-refractivity contribution in [3.05, 3.63) is 40.7 Å². The Bertz CT molecular complexity index is 525. The largest absolute Gasteiger partial charge is 0.383 e. The van der Waals surface area contributed by atoms with E-state index in [-0.39, 0.29) is 10.6 Å². The first-order chi connectivity index (χ1) is 7.24. The third-order valence-corrected chi connectivity index (χ3v) is 2.24. The predicted octanol–water partition coefficient (Wildman–Crippen LogP) is 2.18. The maximum atomic E-state index is 10.9. The van der Waals surface area contributed by atoms with Crippen molar-refractivity contribution in [3.63, 3.8) is 0 Å². The van der Waals surface area contributed by atoms with Gasteiger partial charge < -0.3 is 5.32 Å². The molecule has 15 heavy (non-hydrogen) atoms. The molecule has 0 bridgehead atoms. The summed E-state index contributed by atoms with van der Waals surface area (Å²) in [4.78, 5) is 14.5. The summed E-state index contributed by atoms with van der Waals surface area (Å²) in [6, 6.07) is 5.14. The molecule has 2 aromatic rings. The molecule has 0 amide bonds. The zero-order valence-electron chi connectivity index (χ0n) is 8.10. The van der Waals surface area contributed by atoms with Gasteiger partial charge in [-0.2, -0.15) is 0 Å². The van der Waals surface area contributed by atoms with Gasteiger partial charge >= 0.3 is 0 Å². The third kappa shape index (κ3) is 1.48. The molecular weight excluding hydrogens is 194 g/mol. The van der Waals surface area contributed by atoms with Gasteiger partial charge in [-0.25, -0.2) is 0 Å². The Labute approximate surface area is 85.9 Å². The van der Waals surface area contributed by atoms with Gasteiger partial charge in [-0.3, -0.25) is 15.1 Å². The minimum absolute atomic E-state index is 0.0948. The van der Waals surface area contributed by atoms with Crippen LogP contribution in [0.4, 0.5) is 11.4 Å². The highest BCUT2D eigenvalue weighted by molar-refractivity contribution is 5.95. The standard InChI is InChI=1S/C10H9N3O2/c1-11-9-3-2-7-6-12-5-4-8(7)10(9)13(14)15/h2-6,11H,1H3. The van der Waals surface area contributed by atoms with Crippen LogP contribution in [0, 0.1) is 10.1 Å². The summed E-state index contributed by atoms with van der Waals surface area (Å²) in [6.45, 7) is 0. The van der Waals surface area contributed by atoms with Gasteiger partial charge in [-0.1, -0.05) is 6.07 Å². The third-order valence-electron chi connectivity index (χ3n) is 2.24. The average molecular weight is 203 g/mol. The summed E-state index contributed by atoms with van der Waals surface area (Å²) >= 11 is 0. The lowest BCUT2D eigenvalue weighted by Gasteiger charge is -2.04. The number of nitrogens with one attached hydrogen (secondary N) is 1. The minimum atomic E-state index is -0.381. The normalized spacial score (nSPS) is 10.2. The Morgan fingerprint density at radius 1 is 1.40 bits per heavy atom. The molecule has 0 fully saturated rings. The average Bonchev–Trinajstić information content (AvgIpc) is 2.27. The van der Waals surface area contributed by atoms with Crippen molar-refractivity contribution in [2.45, 2.75) is 0 Å². The van der Waals surface area contributed by atoms with Gasteiger partial charge in [0.05, 0.1) is 10.3 Å². The molecule has 0 spiro atoms. The SMILES string of the molecule is CNc1ccc2cnccc2c1[N+](=O)[O-]. The monoisotopic (exact) mass is 203 g/mol. The van der Waals surface area contributed by atoms with Gasteiger partial charge in [0.1, 0.15) is 5.69 Å². The Balaban J connectivity index is 2.85. The van der Waals surface area contributed by atoms with Gasteiger partial charge in [-0.05, 0) is 12.1 Å². The molecule has 1 heterocycles. The predicted molar refractivity (Wildman–Crippen MR) is 57.9 cm³/mol. The molecule has 0 radical (unpaired) electrons. The van der Waals surface area contributed by atoms with E-state index in [1.165, 1.54) is 0 Å². The van der Waals surface area contributed by atoms with Crippen molar-refractivity contribution in [3.8, 4) is 0 Å². The van der Waals surface area contributed by atoms with Gasteiger partial charge in [0.25, 0.3) is 5.69 Å².